The summed E-state index contributed by atoms with van der Waals surface area (Å²) < 4.78 is 38.3. The maximum atomic E-state index is 13.1. The fourth-order valence-corrected chi connectivity index (χ4v) is 5.01. The first-order valence-corrected chi connectivity index (χ1v) is 9.79. The molecule has 26 heavy (non-hydrogen) atoms. The lowest BCUT2D eigenvalue weighted by Crippen LogP contribution is -2.39. The predicted molar refractivity (Wildman–Crippen MR) is 96.7 cm³/mol. The van der Waals surface area contributed by atoms with Crippen molar-refractivity contribution in [2.75, 3.05) is 6.54 Å². The van der Waals surface area contributed by atoms with Crippen molar-refractivity contribution in [3.63, 3.8) is 0 Å². The number of hydrogen-bond acceptors (Lipinski definition) is 3. The second kappa shape index (κ2) is 6.55. The number of carbonyl (C=O) groups excluding carboxylic acids is 1. The molecule has 0 spiro atoms. The summed E-state index contributed by atoms with van der Waals surface area (Å²) in [4.78, 5) is 17.1. The number of thiophene rings is 2. The Balaban J connectivity index is 1.69. The van der Waals surface area contributed by atoms with Crippen LogP contribution in [-0.4, -0.2) is 17.4 Å². The minimum absolute atomic E-state index is 0.181. The minimum Gasteiger partial charge on any atom is -0.326 e. The zero-order valence-corrected chi connectivity index (χ0v) is 15.1. The summed E-state index contributed by atoms with van der Waals surface area (Å²) in [6.45, 7) is 0.552. The smallest absolute Gasteiger partial charge is 0.326 e. The molecule has 134 valence electrons. The van der Waals surface area contributed by atoms with E-state index in [9.17, 15) is 18.0 Å². The van der Waals surface area contributed by atoms with Crippen LogP contribution in [0.5, 0.6) is 0 Å². The van der Waals surface area contributed by atoms with E-state index in [1.165, 1.54) is 17.0 Å². The van der Waals surface area contributed by atoms with Gasteiger partial charge in [0.15, 0.2) is 0 Å². The number of fused-ring (bicyclic) bond motifs is 1. The highest BCUT2D eigenvalue weighted by atomic mass is 32.1. The molecule has 0 N–H and O–H groups in total. The number of carbonyl (C=O) groups is 1. The van der Waals surface area contributed by atoms with Gasteiger partial charge in [-0.1, -0.05) is 6.07 Å². The molecule has 0 radical (unpaired) electrons. The van der Waals surface area contributed by atoms with Crippen molar-refractivity contribution in [1.29, 1.82) is 0 Å². The third-order valence-electron chi connectivity index (χ3n) is 4.50. The van der Waals surface area contributed by atoms with Crippen LogP contribution < -0.4 is 0 Å². The van der Waals surface area contributed by atoms with Gasteiger partial charge >= 0.3 is 6.18 Å². The van der Waals surface area contributed by atoms with Gasteiger partial charge in [0.25, 0.3) is 5.91 Å². The largest absolute Gasteiger partial charge is 0.416 e. The number of halogens is 3. The zero-order valence-electron chi connectivity index (χ0n) is 13.5. The van der Waals surface area contributed by atoms with E-state index in [4.69, 9.17) is 0 Å². The third kappa shape index (κ3) is 3.05. The van der Waals surface area contributed by atoms with E-state index < -0.39 is 11.7 Å². The predicted octanol–water partition coefficient (Wildman–Crippen LogP) is 5.62. The van der Waals surface area contributed by atoms with E-state index in [1.807, 2.05) is 29.0 Å². The van der Waals surface area contributed by atoms with Gasteiger partial charge in [0.1, 0.15) is 0 Å². The first-order chi connectivity index (χ1) is 12.4. The molecule has 3 aromatic rings. The van der Waals surface area contributed by atoms with Crippen molar-refractivity contribution >= 4 is 28.6 Å². The highest BCUT2D eigenvalue weighted by Crippen LogP contribution is 2.40. The van der Waals surface area contributed by atoms with Gasteiger partial charge in [-0.15, -0.1) is 22.7 Å². The van der Waals surface area contributed by atoms with Crippen molar-refractivity contribution in [3.05, 3.63) is 79.7 Å². The Hall–Kier alpha value is -2.12. The second-order valence-electron chi connectivity index (χ2n) is 6.04. The number of benzene rings is 1. The summed E-state index contributed by atoms with van der Waals surface area (Å²) in [5, 5.41) is 3.99. The highest BCUT2D eigenvalue weighted by Gasteiger charge is 2.35. The Morgan fingerprint density at radius 3 is 2.46 bits per heavy atom. The molecule has 4 rings (SSSR count). The van der Waals surface area contributed by atoms with Crippen LogP contribution in [0, 0.1) is 0 Å². The van der Waals surface area contributed by atoms with Gasteiger partial charge in [0, 0.05) is 21.9 Å². The summed E-state index contributed by atoms with van der Waals surface area (Å²) in [6.07, 6.45) is -3.64. The van der Waals surface area contributed by atoms with Crippen molar-refractivity contribution in [2.24, 2.45) is 0 Å². The average Bonchev–Trinajstić information content (AvgIpc) is 3.31. The van der Waals surface area contributed by atoms with E-state index in [-0.39, 0.29) is 17.5 Å². The molecule has 1 aromatic carbocycles. The van der Waals surface area contributed by atoms with Gasteiger partial charge in [-0.3, -0.25) is 4.79 Å². The lowest BCUT2D eigenvalue weighted by molar-refractivity contribution is -0.137. The SMILES string of the molecule is O=C(c1ccc(C(F)(F)F)cc1)N1CCc2sccc2[C@@H]1c1cccs1. The summed E-state index contributed by atoms with van der Waals surface area (Å²) in [5.41, 5.74) is 0.643. The van der Waals surface area contributed by atoms with Gasteiger partial charge in [-0.25, -0.2) is 0 Å². The molecular formula is C19H14F3NOS2. The van der Waals surface area contributed by atoms with E-state index >= 15 is 0 Å². The minimum atomic E-state index is -4.40. The van der Waals surface area contributed by atoms with E-state index in [0.717, 1.165) is 29.0 Å². The van der Waals surface area contributed by atoms with Crippen molar-refractivity contribution in [3.8, 4) is 0 Å². The lowest BCUT2D eigenvalue weighted by Gasteiger charge is -2.35. The molecule has 3 heterocycles. The standard InChI is InChI=1S/C19H14F3NOS2/c20-19(21,22)13-5-3-12(4-6-13)18(24)23-9-7-15-14(8-11-26-15)17(23)16-2-1-10-25-16/h1-6,8,10-11,17H,7,9H2/t17-/m1/s1. The maximum absolute atomic E-state index is 13.1. The van der Waals surface area contributed by atoms with Gasteiger partial charge < -0.3 is 4.90 Å². The molecule has 0 fully saturated rings. The molecule has 0 saturated carbocycles. The van der Waals surface area contributed by atoms with E-state index in [2.05, 4.69) is 0 Å². The van der Waals surface area contributed by atoms with Crippen molar-refractivity contribution in [1.82, 2.24) is 4.90 Å². The van der Waals surface area contributed by atoms with Crippen LogP contribution in [0.1, 0.15) is 37.3 Å². The molecule has 0 unspecified atom stereocenters. The van der Waals surface area contributed by atoms with Crippen molar-refractivity contribution < 1.29 is 18.0 Å². The van der Waals surface area contributed by atoms with E-state index in [1.54, 1.807) is 27.6 Å². The first kappa shape index (κ1) is 17.3. The molecular weight excluding hydrogens is 379 g/mol. The summed E-state index contributed by atoms with van der Waals surface area (Å²) >= 11 is 3.26. The van der Waals surface area contributed by atoms with Gasteiger partial charge in [0.05, 0.1) is 11.6 Å². The van der Waals surface area contributed by atoms with Crippen LogP contribution in [0.4, 0.5) is 13.2 Å². The molecule has 1 aliphatic heterocycles. The van der Waals surface area contributed by atoms with Crippen LogP contribution >= 0.6 is 22.7 Å². The molecule has 1 amide bonds. The first-order valence-electron chi connectivity index (χ1n) is 8.03. The topological polar surface area (TPSA) is 20.3 Å². The monoisotopic (exact) mass is 393 g/mol. The second-order valence-corrected chi connectivity index (χ2v) is 8.02. The number of nitrogens with zero attached hydrogens (tertiary/aromatic N) is 1. The van der Waals surface area contributed by atoms with Crippen molar-refractivity contribution in [2.45, 2.75) is 18.6 Å². The number of alkyl halides is 3. The third-order valence-corrected chi connectivity index (χ3v) is 6.42. The van der Waals surface area contributed by atoms with Crippen LogP contribution in [0.25, 0.3) is 0 Å². The van der Waals surface area contributed by atoms with Gasteiger partial charge in [-0.2, -0.15) is 13.2 Å². The summed E-state index contributed by atoms with van der Waals surface area (Å²) in [7, 11) is 0. The van der Waals surface area contributed by atoms with E-state index in [0.29, 0.717) is 6.54 Å². The molecule has 2 aromatic heterocycles. The molecule has 2 nitrogen and oxygen atoms in total. The molecule has 0 saturated heterocycles. The van der Waals surface area contributed by atoms with Crippen LogP contribution in [-0.2, 0) is 12.6 Å². The Bertz CT molecular complexity index is 913. The average molecular weight is 393 g/mol. The Morgan fingerprint density at radius 2 is 1.81 bits per heavy atom. The van der Waals surface area contributed by atoms with Crippen LogP contribution in [0.15, 0.2) is 53.2 Å². The number of hydrogen-bond donors (Lipinski definition) is 0. The molecule has 0 aliphatic carbocycles. The molecule has 1 atom stereocenters. The molecule has 7 heteroatoms. The zero-order chi connectivity index (χ0) is 18.3. The van der Waals surface area contributed by atoms with Crippen LogP contribution in [0.2, 0.25) is 0 Å². The summed E-state index contributed by atoms with van der Waals surface area (Å²) in [6, 6.07) is 10.3. The molecule has 0 bridgehead atoms. The Kier molecular flexibility index (Phi) is 4.36. The lowest BCUT2D eigenvalue weighted by atomic mass is 9.97. The Labute approximate surface area is 156 Å². The number of rotatable bonds is 2. The molecule has 1 aliphatic rings. The fourth-order valence-electron chi connectivity index (χ4n) is 3.26. The maximum Gasteiger partial charge on any atom is 0.416 e. The quantitative estimate of drug-likeness (QED) is 0.554. The Morgan fingerprint density at radius 1 is 1.04 bits per heavy atom. The summed E-state index contributed by atoms with van der Waals surface area (Å²) in [5.74, 6) is -0.242. The van der Waals surface area contributed by atoms with Crippen LogP contribution in [0.3, 0.4) is 0 Å². The fraction of sp³-hybridized carbons (Fsp3) is 0.211. The van der Waals surface area contributed by atoms with Gasteiger partial charge in [-0.05, 0) is 59.1 Å². The van der Waals surface area contributed by atoms with Gasteiger partial charge in [0.2, 0.25) is 0 Å². The number of amides is 1. The highest BCUT2D eigenvalue weighted by molar-refractivity contribution is 7.10. The normalized spacial score (nSPS) is 17.2.